The molecule has 0 aliphatic carbocycles. The average Bonchev–Trinajstić information content (AvgIpc) is 2.98. The number of likely N-dealkylation sites (N-methyl/N-ethyl adjacent to an activating group) is 1. The van der Waals surface area contributed by atoms with E-state index in [9.17, 15) is 9.18 Å². The van der Waals surface area contributed by atoms with E-state index in [2.05, 4.69) is 90.4 Å². The summed E-state index contributed by atoms with van der Waals surface area (Å²) in [7, 11) is 0.138. The topological polar surface area (TPSA) is 95.5 Å². The summed E-state index contributed by atoms with van der Waals surface area (Å²) in [5.41, 5.74) is 1.91. The highest BCUT2D eigenvalue weighted by molar-refractivity contribution is 8.00. The van der Waals surface area contributed by atoms with Crippen LogP contribution in [0.5, 0.6) is 0 Å². The van der Waals surface area contributed by atoms with E-state index in [0.717, 1.165) is 26.2 Å². The third-order valence-corrected chi connectivity index (χ3v) is 14.4. The van der Waals surface area contributed by atoms with Gasteiger partial charge in [-0.1, -0.05) is 44.1 Å². The second kappa shape index (κ2) is 15.1. The minimum absolute atomic E-state index is 0.0853. The summed E-state index contributed by atoms with van der Waals surface area (Å²) in [6.45, 7) is 20.5. The highest BCUT2D eigenvalue weighted by Gasteiger charge is 2.39. The van der Waals surface area contributed by atoms with Gasteiger partial charge in [0.1, 0.15) is 16.7 Å². The van der Waals surface area contributed by atoms with Crippen LogP contribution in [0.3, 0.4) is 0 Å². The number of piperazine rings is 1. The molecule has 2 aromatic heterocycles. The van der Waals surface area contributed by atoms with E-state index in [4.69, 9.17) is 16.0 Å². The summed E-state index contributed by atoms with van der Waals surface area (Å²) in [6, 6.07) is 9.70. The third-order valence-electron chi connectivity index (χ3n) is 8.48. The smallest absolute Gasteiger partial charge is 0.226 e. The lowest BCUT2D eigenvalue weighted by Crippen LogP contribution is -2.45. The second-order valence-electron chi connectivity index (χ2n) is 14.0. The Morgan fingerprint density at radius 1 is 1.07 bits per heavy atom. The molecule has 1 amide bonds. The van der Waals surface area contributed by atoms with Gasteiger partial charge in [-0.2, -0.15) is 0 Å². The molecule has 3 aromatic rings. The number of carbonyl (C=O) groups excluding carboxylic acids is 1. The van der Waals surface area contributed by atoms with Crippen molar-refractivity contribution in [2.75, 3.05) is 57.0 Å². The van der Waals surface area contributed by atoms with E-state index >= 15 is 0 Å². The van der Waals surface area contributed by atoms with Crippen molar-refractivity contribution in [1.29, 1.82) is 0 Å². The van der Waals surface area contributed by atoms with Gasteiger partial charge in [-0.25, -0.2) is 9.37 Å². The first-order chi connectivity index (χ1) is 21.5. The molecule has 0 unspecified atom stereocenters. The van der Waals surface area contributed by atoms with Crippen molar-refractivity contribution in [3.05, 3.63) is 53.4 Å². The summed E-state index contributed by atoms with van der Waals surface area (Å²) in [5.74, 6) is -0.0972. The number of rotatable bonds is 12. The number of aromatic nitrogens is 3. The normalized spacial score (nSPS) is 15.2. The maximum Gasteiger partial charge on any atom is 0.226 e. The molecule has 0 bridgehead atoms. The zero-order valence-corrected chi connectivity index (χ0v) is 30.8. The highest BCUT2D eigenvalue weighted by atomic mass is 35.5. The van der Waals surface area contributed by atoms with Crippen molar-refractivity contribution in [2.45, 2.75) is 68.9 Å². The largest absolute Gasteiger partial charge is 0.415 e. The maximum absolute atomic E-state index is 14.8. The molecule has 13 heteroatoms. The Kier molecular flexibility index (Phi) is 11.9. The molecule has 1 fully saturated rings. The summed E-state index contributed by atoms with van der Waals surface area (Å²) in [6.07, 6.45) is 2.02. The standard InChI is InChI=1S/C33H47ClFN7O2SSi/c1-32(2,3)46(7,8)44-22-33(4,5)45-31-28(21-27(39-40-31)25-19-23(34)9-10-26(25)35)37-24-11-13-36-29(20-24)38-30(43)12-14-42-17-15-41(6)16-18-42/h9-11,13,19-21H,12,14-18,22H2,1-8H3,(H2,36,37,38,39,43). The molecule has 0 radical (unpaired) electrons. The number of nitrogens with zero attached hydrogens (tertiary/aromatic N) is 5. The Labute approximate surface area is 283 Å². The summed E-state index contributed by atoms with van der Waals surface area (Å²) >= 11 is 7.74. The molecule has 46 heavy (non-hydrogen) atoms. The second-order valence-corrected chi connectivity index (χ2v) is 20.9. The number of anilines is 3. The van der Waals surface area contributed by atoms with Crippen molar-refractivity contribution < 1.29 is 13.6 Å². The van der Waals surface area contributed by atoms with Gasteiger partial charge in [0.2, 0.25) is 5.91 Å². The fourth-order valence-electron chi connectivity index (χ4n) is 4.50. The van der Waals surface area contributed by atoms with Gasteiger partial charge in [-0.3, -0.25) is 4.79 Å². The van der Waals surface area contributed by atoms with Crippen LogP contribution >= 0.6 is 23.4 Å². The molecule has 0 atom stereocenters. The summed E-state index contributed by atoms with van der Waals surface area (Å²) < 4.78 is 21.1. The SMILES string of the molecule is CN1CCN(CCC(=O)Nc2cc(Nc3cc(-c4cc(Cl)ccc4F)nnc3SC(C)(C)CO[Si](C)(C)C(C)(C)C)ccn2)CC1. The van der Waals surface area contributed by atoms with Crippen LogP contribution in [0.25, 0.3) is 11.3 Å². The van der Waals surface area contributed by atoms with Crippen molar-refractivity contribution in [2.24, 2.45) is 0 Å². The maximum atomic E-state index is 14.8. The molecule has 2 N–H and O–H groups in total. The number of hydrogen-bond donors (Lipinski definition) is 2. The van der Waals surface area contributed by atoms with Gasteiger partial charge < -0.3 is 24.9 Å². The Balaban J connectivity index is 1.54. The van der Waals surface area contributed by atoms with Gasteiger partial charge in [0.25, 0.3) is 0 Å². The van der Waals surface area contributed by atoms with Crippen molar-refractivity contribution in [3.8, 4) is 11.3 Å². The lowest BCUT2D eigenvalue weighted by molar-refractivity contribution is -0.116. The molecule has 1 saturated heterocycles. The number of amides is 1. The quantitative estimate of drug-likeness (QED) is 0.148. The Morgan fingerprint density at radius 3 is 2.48 bits per heavy atom. The van der Waals surface area contributed by atoms with Crippen LogP contribution in [-0.4, -0.2) is 90.3 Å². The van der Waals surface area contributed by atoms with E-state index < -0.39 is 14.1 Å². The molecule has 1 aromatic carbocycles. The zero-order chi connectivity index (χ0) is 33.7. The minimum Gasteiger partial charge on any atom is -0.415 e. The lowest BCUT2D eigenvalue weighted by atomic mass is 10.1. The number of thioether (sulfide) groups is 1. The first kappa shape index (κ1) is 36.2. The highest BCUT2D eigenvalue weighted by Crippen LogP contribution is 2.41. The minimum atomic E-state index is -1.98. The van der Waals surface area contributed by atoms with Crippen molar-refractivity contribution in [1.82, 2.24) is 25.0 Å². The Morgan fingerprint density at radius 2 is 1.78 bits per heavy atom. The number of hydrogen-bond acceptors (Lipinski definition) is 9. The van der Waals surface area contributed by atoms with E-state index in [0.29, 0.717) is 52.5 Å². The van der Waals surface area contributed by atoms with E-state index in [-0.39, 0.29) is 21.3 Å². The molecular weight excluding hydrogens is 641 g/mol. The Bertz CT molecular complexity index is 1510. The van der Waals surface area contributed by atoms with Crippen molar-refractivity contribution >= 4 is 54.8 Å². The van der Waals surface area contributed by atoms with Crippen LogP contribution in [0.4, 0.5) is 21.6 Å². The van der Waals surface area contributed by atoms with E-state index in [1.54, 1.807) is 24.4 Å². The fraction of sp³-hybridized carbons (Fsp3) is 0.515. The molecular formula is C33H47ClFN7O2SSi. The summed E-state index contributed by atoms with van der Waals surface area (Å²) in [5, 5.41) is 16.4. The number of halogens is 2. The predicted octanol–water partition coefficient (Wildman–Crippen LogP) is 7.54. The monoisotopic (exact) mass is 687 g/mol. The molecule has 4 rings (SSSR count). The number of nitrogens with one attached hydrogen (secondary N) is 2. The Hall–Kier alpha value is -2.61. The molecule has 250 valence electrons. The molecule has 1 aliphatic rings. The van der Waals surface area contributed by atoms with Gasteiger partial charge in [0, 0.05) is 79.0 Å². The molecule has 0 spiro atoms. The van der Waals surface area contributed by atoms with Crippen LogP contribution in [-0.2, 0) is 9.22 Å². The van der Waals surface area contributed by atoms with Crippen LogP contribution in [0.1, 0.15) is 41.0 Å². The predicted molar refractivity (Wildman–Crippen MR) is 190 cm³/mol. The van der Waals surface area contributed by atoms with Crippen molar-refractivity contribution in [3.63, 3.8) is 0 Å². The molecule has 1 aliphatic heterocycles. The van der Waals surface area contributed by atoms with Gasteiger partial charge in [0.05, 0.1) is 11.4 Å². The number of pyridine rings is 1. The fourth-order valence-corrected chi connectivity index (χ4v) is 6.88. The van der Waals surface area contributed by atoms with E-state index in [1.807, 2.05) is 0 Å². The first-order valence-electron chi connectivity index (χ1n) is 15.6. The molecule has 0 saturated carbocycles. The van der Waals surface area contributed by atoms with Crippen LogP contribution in [0.15, 0.2) is 47.6 Å². The van der Waals surface area contributed by atoms with E-state index in [1.165, 1.54) is 30.0 Å². The van der Waals surface area contributed by atoms with Gasteiger partial charge in [0.15, 0.2) is 8.32 Å². The lowest BCUT2D eigenvalue weighted by Gasteiger charge is -2.38. The zero-order valence-electron chi connectivity index (χ0n) is 28.2. The van der Waals surface area contributed by atoms with Gasteiger partial charge in [-0.15, -0.1) is 10.2 Å². The average molecular weight is 688 g/mol. The molecule has 9 nitrogen and oxygen atoms in total. The van der Waals surface area contributed by atoms with Gasteiger partial charge >= 0.3 is 0 Å². The number of benzene rings is 1. The summed E-state index contributed by atoms with van der Waals surface area (Å²) in [4.78, 5) is 21.7. The third kappa shape index (κ3) is 10.2. The van der Waals surface area contributed by atoms with Crippen LogP contribution in [0, 0.1) is 5.82 Å². The number of carbonyl (C=O) groups is 1. The first-order valence-corrected chi connectivity index (χ1v) is 19.7. The molecule has 3 heterocycles. The van der Waals surface area contributed by atoms with Crippen LogP contribution < -0.4 is 10.6 Å². The van der Waals surface area contributed by atoms with Crippen LogP contribution in [0.2, 0.25) is 23.2 Å². The van der Waals surface area contributed by atoms with Gasteiger partial charge in [-0.05, 0) is 69.4 Å².